The van der Waals surface area contributed by atoms with Crippen LogP contribution in [0.25, 0.3) is 0 Å². The van der Waals surface area contributed by atoms with Crippen molar-refractivity contribution in [1.82, 2.24) is 0 Å². The molecule has 0 radical (unpaired) electrons. The van der Waals surface area contributed by atoms with E-state index in [-0.39, 0.29) is 6.10 Å². The molecule has 2 nitrogen and oxygen atoms in total. The smallest absolute Gasteiger partial charge is 0.332 e. The molecule has 0 rings (SSSR count). The molecule has 0 N–H and O–H groups in total. The average Bonchev–Trinajstić information content (AvgIpc) is 2.37. The molecule has 3 heteroatoms. The van der Waals surface area contributed by atoms with E-state index >= 15 is 0 Å². The highest BCUT2D eigenvalue weighted by Crippen LogP contribution is 2.13. The van der Waals surface area contributed by atoms with Crippen LogP contribution in [-0.2, 0) is 8.85 Å². The zero-order chi connectivity index (χ0) is 14.6. The van der Waals surface area contributed by atoms with E-state index in [1.165, 1.54) is 32.1 Å². The Kier molecular flexibility index (Phi) is 11.3. The Morgan fingerprint density at radius 2 is 1.63 bits per heavy atom. The molecule has 0 aromatic heterocycles. The van der Waals surface area contributed by atoms with Crippen LogP contribution in [0.15, 0.2) is 0 Å². The van der Waals surface area contributed by atoms with E-state index in [1.54, 1.807) is 0 Å². The number of hydrogen-bond donors (Lipinski definition) is 0. The van der Waals surface area contributed by atoms with E-state index in [9.17, 15) is 0 Å². The van der Waals surface area contributed by atoms with Gasteiger partial charge in [0.15, 0.2) is 0 Å². The van der Waals surface area contributed by atoms with Gasteiger partial charge in [0.05, 0.1) is 0 Å². The average molecular weight is 285 g/mol. The van der Waals surface area contributed by atoms with Gasteiger partial charge in [-0.3, -0.25) is 0 Å². The summed E-state index contributed by atoms with van der Waals surface area (Å²) >= 11 is 0. The van der Waals surface area contributed by atoms with Crippen molar-refractivity contribution in [3.05, 3.63) is 0 Å². The topological polar surface area (TPSA) is 18.5 Å². The van der Waals surface area contributed by atoms with Crippen LogP contribution in [0, 0.1) is 11.8 Å². The number of rotatable bonds is 11. The Bertz CT molecular complexity index is 266. The van der Waals surface area contributed by atoms with E-state index < -0.39 is 8.56 Å². The third kappa shape index (κ3) is 11.2. The normalized spacial score (nSPS) is 12.9. The molecule has 0 fully saturated rings. The summed E-state index contributed by atoms with van der Waals surface area (Å²) in [4.78, 5) is 0. The van der Waals surface area contributed by atoms with E-state index in [1.807, 2.05) is 6.92 Å². The molecule has 0 saturated carbocycles. The molecule has 0 aliphatic rings. The van der Waals surface area contributed by atoms with Gasteiger partial charge in [0.1, 0.15) is 6.10 Å². The van der Waals surface area contributed by atoms with Crippen molar-refractivity contribution in [3.63, 3.8) is 0 Å². The molecule has 19 heavy (non-hydrogen) atoms. The van der Waals surface area contributed by atoms with Crippen molar-refractivity contribution >= 4 is 8.56 Å². The lowest BCUT2D eigenvalue weighted by Gasteiger charge is -2.26. The summed E-state index contributed by atoms with van der Waals surface area (Å²) in [6.45, 7) is 11.3. The molecule has 0 amide bonds. The first-order chi connectivity index (χ1) is 9.05. The molecule has 0 aliphatic heterocycles. The van der Waals surface area contributed by atoms with Gasteiger partial charge in [0, 0.05) is 6.61 Å². The lowest BCUT2D eigenvalue weighted by Crippen LogP contribution is -2.38. The van der Waals surface area contributed by atoms with Gasteiger partial charge in [-0.15, -0.1) is 5.92 Å². The second kappa shape index (κ2) is 11.5. The summed E-state index contributed by atoms with van der Waals surface area (Å²) in [6, 6.07) is 0. The lowest BCUT2D eigenvalue weighted by molar-refractivity contribution is 0.146. The zero-order valence-electron chi connectivity index (χ0n) is 13.6. The minimum absolute atomic E-state index is 0.0382. The second-order valence-electron chi connectivity index (χ2n) is 5.43. The van der Waals surface area contributed by atoms with Gasteiger partial charge in [-0.1, -0.05) is 51.9 Å². The maximum absolute atomic E-state index is 6.02. The van der Waals surface area contributed by atoms with Crippen LogP contribution in [0.3, 0.4) is 0 Å². The molecule has 0 bridgehead atoms. The van der Waals surface area contributed by atoms with Crippen LogP contribution in [0.2, 0.25) is 13.1 Å². The monoisotopic (exact) mass is 284 g/mol. The van der Waals surface area contributed by atoms with Crippen LogP contribution in [0.1, 0.15) is 65.7 Å². The van der Waals surface area contributed by atoms with E-state index in [0.717, 1.165) is 19.4 Å². The molecule has 112 valence electrons. The Hall–Kier alpha value is -0.303. The summed E-state index contributed by atoms with van der Waals surface area (Å²) in [5.41, 5.74) is 0. The molecular formula is C16H32O2Si. The van der Waals surface area contributed by atoms with Crippen molar-refractivity contribution < 1.29 is 8.85 Å². The van der Waals surface area contributed by atoms with Crippen molar-refractivity contribution in [2.45, 2.75) is 84.9 Å². The van der Waals surface area contributed by atoms with Crippen LogP contribution in [0.5, 0.6) is 0 Å². The molecule has 0 heterocycles. The molecule has 0 aromatic rings. The molecule has 1 atom stereocenters. The third-order valence-corrected chi connectivity index (χ3v) is 4.80. The van der Waals surface area contributed by atoms with E-state index in [4.69, 9.17) is 8.85 Å². The number of unbranched alkanes of at least 4 members (excludes halogenated alkanes) is 5. The van der Waals surface area contributed by atoms with Crippen LogP contribution < -0.4 is 0 Å². The van der Waals surface area contributed by atoms with E-state index in [2.05, 4.69) is 38.8 Å². The molecule has 0 aromatic carbocycles. The van der Waals surface area contributed by atoms with Crippen LogP contribution in [0.4, 0.5) is 0 Å². The maximum atomic E-state index is 6.02. The minimum atomic E-state index is -2.00. The number of hydrogen-bond acceptors (Lipinski definition) is 2. The summed E-state index contributed by atoms with van der Waals surface area (Å²) < 4.78 is 12.0. The highest BCUT2D eigenvalue weighted by Gasteiger charge is 2.27. The van der Waals surface area contributed by atoms with Crippen molar-refractivity contribution in [2.75, 3.05) is 6.61 Å². The van der Waals surface area contributed by atoms with Crippen molar-refractivity contribution in [1.29, 1.82) is 0 Å². The molecule has 0 saturated heterocycles. The van der Waals surface area contributed by atoms with Gasteiger partial charge in [-0.2, -0.15) is 0 Å². The largest absolute Gasteiger partial charge is 0.394 e. The van der Waals surface area contributed by atoms with Gasteiger partial charge >= 0.3 is 8.56 Å². The van der Waals surface area contributed by atoms with Gasteiger partial charge in [0.25, 0.3) is 0 Å². The predicted molar refractivity (Wildman–Crippen MR) is 85.4 cm³/mol. The molecule has 0 aliphatic carbocycles. The Morgan fingerprint density at radius 3 is 2.21 bits per heavy atom. The van der Waals surface area contributed by atoms with Crippen LogP contribution >= 0.6 is 0 Å². The highest BCUT2D eigenvalue weighted by molar-refractivity contribution is 6.64. The summed E-state index contributed by atoms with van der Waals surface area (Å²) in [5, 5.41) is 0. The van der Waals surface area contributed by atoms with Crippen molar-refractivity contribution in [2.24, 2.45) is 0 Å². The first-order valence-electron chi connectivity index (χ1n) is 7.79. The SMILES string of the molecule is CC#CC(CC)O[Si](C)(C)OCCCCCCCC. The standard InChI is InChI=1S/C16H32O2Si/c1-6-9-10-11-12-13-15-17-19(4,5)18-16(8-3)14-7-2/h16H,6,8-13,15H2,1-5H3. The highest BCUT2D eigenvalue weighted by atomic mass is 28.4. The summed E-state index contributed by atoms with van der Waals surface area (Å²) in [6.07, 6.45) is 8.75. The maximum Gasteiger partial charge on any atom is 0.332 e. The zero-order valence-corrected chi connectivity index (χ0v) is 14.6. The third-order valence-electron chi connectivity index (χ3n) is 3.05. The van der Waals surface area contributed by atoms with Crippen molar-refractivity contribution in [3.8, 4) is 11.8 Å². The fourth-order valence-electron chi connectivity index (χ4n) is 1.95. The first kappa shape index (κ1) is 18.7. The quantitative estimate of drug-likeness (QED) is 0.306. The summed E-state index contributed by atoms with van der Waals surface area (Å²) in [7, 11) is -2.00. The lowest BCUT2D eigenvalue weighted by atomic mass is 10.1. The Balaban J connectivity index is 3.73. The Morgan fingerprint density at radius 1 is 1.00 bits per heavy atom. The van der Waals surface area contributed by atoms with Gasteiger partial charge in [0.2, 0.25) is 0 Å². The van der Waals surface area contributed by atoms with Gasteiger partial charge in [-0.25, -0.2) is 0 Å². The fourth-order valence-corrected chi connectivity index (χ4v) is 3.57. The predicted octanol–water partition coefficient (Wildman–Crippen LogP) is 4.88. The fraction of sp³-hybridized carbons (Fsp3) is 0.875. The molecular weight excluding hydrogens is 252 g/mol. The second-order valence-corrected chi connectivity index (χ2v) is 8.75. The minimum Gasteiger partial charge on any atom is -0.394 e. The van der Waals surface area contributed by atoms with E-state index in [0.29, 0.717) is 0 Å². The van der Waals surface area contributed by atoms with Gasteiger partial charge in [-0.05, 0) is 32.9 Å². The van der Waals surface area contributed by atoms with Gasteiger partial charge < -0.3 is 8.85 Å². The molecule has 0 spiro atoms. The van der Waals surface area contributed by atoms with Crippen LogP contribution in [-0.4, -0.2) is 21.3 Å². The Labute approximate surface area is 121 Å². The molecule has 1 unspecified atom stereocenters. The summed E-state index contributed by atoms with van der Waals surface area (Å²) in [5.74, 6) is 6.02. The first-order valence-corrected chi connectivity index (χ1v) is 10.6.